The van der Waals surface area contributed by atoms with E-state index in [0.717, 1.165) is 5.56 Å². The minimum Gasteiger partial charge on any atom is -0.497 e. The summed E-state index contributed by atoms with van der Waals surface area (Å²) in [5, 5.41) is 2.62. The number of carbonyl (C=O) groups is 2. The second kappa shape index (κ2) is 9.07. The van der Waals surface area contributed by atoms with Gasteiger partial charge in [-0.05, 0) is 37.5 Å². The molecule has 1 aromatic carbocycles. The number of rotatable bonds is 8. The molecule has 1 N–H and O–H groups in total. The highest BCUT2D eigenvalue weighted by Crippen LogP contribution is 2.23. The van der Waals surface area contributed by atoms with Gasteiger partial charge >= 0.3 is 5.97 Å². The Labute approximate surface area is 159 Å². The molecule has 0 radical (unpaired) electrons. The quantitative estimate of drug-likeness (QED) is 0.646. The molecular formula is C18H25NO7S. The first kappa shape index (κ1) is 21.0. The van der Waals surface area contributed by atoms with Crippen molar-refractivity contribution in [2.24, 2.45) is 0 Å². The number of esters is 1. The predicted octanol–water partition coefficient (Wildman–Crippen LogP) is 0.871. The van der Waals surface area contributed by atoms with Gasteiger partial charge in [-0.3, -0.25) is 9.59 Å². The summed E-state index contributed by atoms with van der Waals surface area (Å²) in [6, 6.07) is 4.91. The van der Waals surface area contributed by atoms with Gasteiger partial charge in [0.2, 0.25) is 0 Å². The van der Waals surface area contributed by atoms with Gasteiger partial charge in [0.15, 0.2) is 15.9 Å². The van der Waals surface area contributed by atoms with Crippen LogP contribution in [-0.4, -0.2) is 58.2 Å². The molecule has 1 heterocycles. The van der Waals surface area contributed by atoms with Gasteiger partial charge in [-0.1, -0.05) is 0 Å². The third kappa shape index (κ3) is 6.42. The van der Waals surface area contributed by atoms with Crippen LogP contribution in [0.15, 0.2) is 18.2 Å². The van der Waals surface area contributed by atoms with E-state index < -0.39 is 33.9 Å². The summed E-state index contributed by atoms with van der Waals surface area (Å²) in [6.45, 7) is 1.46. The number of amides is 1. The molecule has 1 aliphatic heterocycles. The third-order valence-corrected chi connectivity index (χ3v) is 6.05. The van der Waals surface area contributed by atoms with Gasteiger partial charge in [-0.2, -0.15) is 0 Å². The van der Waals surface area contributed by atoms with Gasteiger partial charge in [0, 0.05) is 18.5 Å². The van der Waals surface area contributed by atoms with Gasteiger partial charge in [0.05, 0.1) is 25.7 Å². The molecule has 2 atom stereocenters. The fraction of sp³-hybridized carbons (Fsp3) is 0.556. The van der Waals surface area contributed by atoms with Crippen molar-refractivity contribution < 1.29 is 32.2 Å². The zero-order valence-electron chi connectivity index (χ0n) is 15.7. The molecule has 1 saturated heterocycles. The first-order chi connectivity index (χ1) is 12.7. The molecule has 0 unspecified atom stereocenters. The van der Waals surface area contributed by atoms with Gasteiger partial charge in [0.25, 0.3) is 5.91 Å². The molecule has 0 spiro atoms. The van der Waals surface area contributed by atoms with Gasteiger partial charge < -0.3 is 19.5 Å². The van der Waals surface area contributed by atoms with E-state index in [1.807, 2.05) is 0 Å². The highest BCUT2D eigenvalue weighted by molar-refractivity contribution is 7.91. The van der Waals surface area contributed by atoms with Crippen molar-refractivity contribution in [1.82, 2.24) is 5.32 Å². The predicted molar refractivity (Wildman–Crippen MR) is 98.6 cm³/mol. The zero-order chi connectivity index (χ0) is 20.0. The first-order valence-corrected chi connectivity index (χ1v) is 10.5. The van der Waals surface area contributed by atoms with Crippen molar-refractivity contribution in [1.29, 1.82) is 0 Å². The maximum absolute atomic E-state index is 12.1. The number of sulfone groups is 1. The van der Waals surface area contributed by atoms with Crippen LogP contribution in [0.4, 0.5) is 0 Å². The van der Waals surface area contributed by atoms with Crippen LogP contribution in [0.2, 0.25) is 0 Å². The SMILES string of the molecule is COc1cc(CCC(=O)O[C@H](C)C(=O)N[C@@H]2CCS(=O)(=O)C2)cc(OC)c1. The van der Waals surface area contributed by atoms with Crippen LogP contribution < -0.4 is 14.8 Å². The van der Waals surface area contributed by atoms with E-state index in [1.54, 1.807) is 32.4 Å². The lowest BCUT2D eigenvalue weighted by Crippen LogP contribution is -2.42. The van der Waals surface area contributed by atoms with Gasteiger partial charge in [0.1, 0.15) is 11.5 Å². The number of aryl methyl sites for hydroxylation is 1. The van der Waals surface area contributed by atoms with Crippen molar-refractivity contribution in [3.05, 3.63) is 23.8 Å². The van der Waals surface area contributed by atoms with Crippen LogP contribution >= 0.6 is 0 Å². The summed E-state index contributed by atoms with van der Waals surface area (Å²) >= 11 is 0. The van der Waals surface area contributed by atoms with E-state index in [9.17, 15) is 18.0 Å². The summed E-state index contributed by atoms with van der Waals surface area (Å²) in [6.07, 6.45) is -0.111. The Morgan fingerprint density at radius 3 is 2.33 bits per heavy atom. The van der Waals surface area contributed by atoms with Crippen molar-refractivity contribution >= 4 is 21.7 Å². The molecule has 0 aromatic heterocycles. The molecule has 0 saturated carbocycles. The Bertz CT molecular complexity index is 769. The van der Waals surface area contributed by atoms with E-state index in [4.69, 9.17) is 14.2 Å². The standard InChI is InChI=1S/C18H25NO7S/c1-12(18(21)19-14-6-7-27(22,23)11-14)26-17(20)5-4-13-8-15(24-2)10-16(9-13)25-3/h8-10,12,14H,4-7,11H2,1-3H3,(H,19,21)/t12-,14-/m1/s1. The smallest absolute Gasteiger partial charge is 0.306 e. The maximum Gasteiger partial charge on any atom is 0.306 e. The highest BCUT2D eigenvalue weighted by Gasteiger charge is 2.30. The molecule has 1 fully saturated rings. The highest BCUT2D eigenvalue weighted by atomic mass is 32.2. The number of nitrogens with one attached hydrogen (secondary N) is 1. The van der Waals surface area contributed by atoms with E-state index >= 15 is 0 Å². The fourth-order valence-corrected chi connectivity index (χ4v) is 4.47. The third-order valence-electron chi connectivity index (χ3n) is 4.29. The van der Waals surface area contributed by atoms with E-state index in [2.05, 4.69) is 5.32 Å². The Balaban J connectivity index is 1.82. The van der Waals surface area contributed by atoms with Crippen LogP contribution in [0.25, 0.3) is 0 Å². The summed E-state index contributed by atoms with van der Waals surface area (Å²) in [5.74, 6) is 0.230. The number of carbonyl (C=O) groups excluding carboxylic acids is 2. The molecule has 0 bridgehead atoms. The molecule has 1 aromatic rings. The summed E-state index contributed by atoms with van der Waals surface area (Å²) in [7, 11) is 0.00506. The maximum atomic E-state index is 12.1. The lowest BCUT2D eigenvalue weighted by atomic mass is 10.1. The van der Waals surface area contributed by atoms with Crippen molar-refractivity contribution in [3.63, 3.8) is 0 Å². The van der Waals surface area contributed by atoms with E-state index in [-0.39, 0.29) is 17.9 Å². The molecule has 8 nitrogen and oxygen atoms in total. The Morgan fingerprint density at radius 2 is 1.81 bits per heavy atom. The molecule has 1 amide bonds. The van der Waals surface area contributed by atoms with Crippen molar-refractivity contribution in [3.8, 4) is 11.5 Å². The fourth-order valence-electron chi connectivity index (χ4n) is 2.79. The molecular weight excluding hydrogens is 374 g/mol. The normalized spacial score (nSPS) is 19.1. The number of ether oxygens (including phenoxy) is 3. The lowest BCUT2D eigenvalue weighted by Gasteiger charge is -2.16. The van der Waals surface area contributed by atoms with Crippen LogP contribution in [0, 0.1) is 0 Å². The summed E-state index contributed by atoms with van der Waals surface area (Å²) < 4.78 is 38.4. The van der Waals surface area contributed by atoms with Crippen molar-refractivity contribution in [2.45, 2.75) is 38.3 Å². The Hall–Kier alpha value is -2.29. The zero-order valence-corrected chi connectivity index (χ0v) is 16.5. The molecule has 150 valence electrons. The largest absolute Gasteiger partial charge is 0.497 e. The molecule has 9 heteroatoms. The Kier molecular flexibility index (Phi) is 7.06. The Morgan fingerprint density at radius 1 is 1.19 bits per heavy atom. The van der Waals surface area contributed by atoms with E-state index in [0.29, 0.717) is 24.3 Å². The van der Waals surface area contributed by atoms with Gasteiger partial charge in [-0.25, -0.2) is 8.42 Å². The second-order valence-electron chi connectivity index (χ2n) is 6.46. The van der Waals surface area contributed by atoms with Crippen LogP contribution in [0.1, 0.15) is 25.3 Å². The number of hydrogen-bond donors (Lipinski definition) is 1. The van der Waals surface area contributed by atoms with Crippen molar-refractivity contribution in [2.75, 3.05) is 25.7 Å². The minimum absolute atomic E-state index is 0.0656. The van der Waals surface area contributed by atoms with E-state index in [1.165, 1.54) is 6.92 Å². The number of benzene rings is 1. The molecule has 1 aliphatic rings. The first-order valence-electron chi connectivity index (χ1n) is 8.64. The van der Waals surface area contributed by atoms with Crippen LogP contribution in [-0.2, 0) is 30.6 Å². The number of methoxy groups -OCH3 is 2. The topological polar surface area (TPSA) is 108 Å². The number of hydrogen-bond acceptors (Lipinski definition) is 7. The molecule has 2 rings (SSSR count). The average Bonchev–Trinajstić information content (AvgIpc) is 2.97. The summed E-state index contributed by atoms with van der Waals surface area (Å²) in [5.41, 5.74) is 0.844. The average molecular weight is 399 g/mol. The van der Waals surface area contributed by atoms with Crippen LogP contribution in [0.3, 0.4) is 0 Å². The second-order valence-corrected chi connectivity index (χ2v) is 8.69. The monoisotopic (exact) mass is 399 g/mol. The molecule has 0 aliphatic carbocycles. The summed E-state index contributed by atoms with van der Waals surface area (Å²) in [4.78, 5) is 24.1. The molecule has 27 heavy (non-hydrogen) atoms. The minimum atomic E-state index is -3.08. The lowest BCUT2D eigenvalue weighted by molar-refractivity contribution is -0.155. The van der Waals surface area contributed by atoms with Crippen LogP contribution in [0.5, 0.6) is 11.5 Å². The van der Waals surface area contributed by atoms with Gasteiger partial charge in [-0.15, -0.1) is 0 Å².